The highest BCUT2D eigenvalue weighted by atomic mass is 16.5. The lowest BCUT2D eigenvalue weighted by Crippen LogP contribution is -2.30. The lowest BCUT2D eigenvalue weighted by atomic mass is 10.1. The van der Waals surface area contributed by atoms with Crippen LogP contribution in [0.1, 0.15) is 24.2 Å². The summed E-state index contributed by atoms with van der Waals surface area (Å²) < 4.78 is 12.0. The molecule has 0 amide bonds. The van der Waals surface area contributed by atoms with Crippen LogP contribution in [0.4, 0.5) is 5.82 Å². The SMILES string of the molecule is C1COCCN1.CCOc1nc2c(-c3cnc4ccccc4c3)cnn2c(N)c1C(C)=O. The van der Waals surface area contributed by atoms with E-state index in [1.165, 1.54) is 11.4 Å². The molecule has 0 atom stereocenters. The number of Topliss-reactive ketones (excluding diaryl/α,β-unsaturated/α-hetero) is 1. The van der Waals surface area contributed by atoms with E-state index in [4.69, 9.17) is 15.2 Å². The number of morpholine rings is 1. The number of fused-ring (bicyclic) bond motifs is 2. The maximum Gasteiger partial charge on any atom is 0.230 e. The minimum absolute atomic E-state index is 0.214. The van der Waals surface area contributed by atoms with Crippen molar-refractivity contribution in [2.24, 2.45) is 0 Å². The van der Waals surface area contributed by atoms with Gasteiger partial charge in [0.05, 0.1) is 31.5 Å². The van der Waals surface area contributed by atoms with Gasteiger partial charge in [-0.15, -0.1) is 0 Å². The number of carbonyl (C=O) groups excluding carboxylic acids is 1. The first kappa shape index (κ1) is 21.7. The number of pyridine rings is 1. The summed E-state index contributed by atoms with van der Waals surface area (Å²) in [6.45, 7) is 7.47. The number of ether oxygens (including phenoxy) is 2. The Bertz CT molecular complexity index is 1240. The molecular weight excluding hydrogens is 408 g/mol. The maximum absolute atomic E-state index is 12.0. The molecule has 0 bridgehead atoms. The molecule has 4 aromatic rings. The number of hydrogen-bond donors (Lipinski definition) is 2. The van der Waals surface area contributed by atoms with Gasteiger partial charge in [-0.05, 0) is 26.0 Å². The van der Waals surface area contributed by atoms with Gasteiger partial charge in [0.15, 0.2) is 11.4 Å². The number of nitrogen functional groups attached to an aromatic ring is 1. The first-order chi connectivity index (χ1) is 15.6. The molecule has 4 heterocycles. The summed E-state index contributed by atoms with van der Waals surface area (Å²) in [5, 5.41) is 8.49. The summed E-state index contributed by atoms with van der Waals surface area (Å²) in [6.07, 6.45) is 3.45. The van der Waals surface area contributed by atoms with Crippen LogP contribution in [0.2, 0.25) is 0 Å². The van der Waals surface area contributed by atoms with Gasteiger partial charge in [0.25, 0.3) is 0 Å². The number of nitrogens with zero attached hydrogens (tertiary/aromatic N) is 4. The number of ketones is 1. The van der Waals surface area contributed by atoms with Crippen LogP contribution in [-0.2, 0) is 4.74 Å². The van der Waals surface area contributed by atoms with E-state index in [1.807, 2.05) is 37.3 Å². The highest BCUT2D eigenvalue weighted by molar-refractivity contribution is 6.01. The van der Waals surface area contributed by atoms with Crippen molar-refractivity contribution in [3.05, 3.63) is 48.3 Å². The van der Waals surface area contributed by atoms with E-state index in [0.29, 0.717) is 12.3 Å². The Balaban J connectivity index is 0.000000354. The lowest BCUT2D eigenvalue weighted by molar-refractivity contribution is 0.101. The van der Waals surface area contributed by atoms with Crippen LogP contribution >= 0.6 is 0 Å². The summed E-state index contributed by atoms with van der Waals surface area (Å²) in [4.78, 5) is 21.0. The smallest absolute Gasteiger partial charge is 0.230 e. The molecule has 0 saturated carbocycles. The zero-order valence-electron chi connectivity index (χ0n) is 18.2. The average Bonchev–Trinajstić information content (AvgIpc) is 3.25. The number of para-hydroxylation sites is 1. The van der Waals surface area contributed by atoms with E-state index in [2.05, 4.69) is 20.4 Å². The van der Waals surface area contributed by atoms with Gasteiger partial charge < -0.3 is 20.5 Å². The first-order valence-electron chi connectivity index (χ1n) is 10.5. The third kappa shape index (κ3) is 4.39. The Kier molecular flexibility index (Phi) is 6.58. The summed E-state index contributed by atoms with van der Waals surface area (Å²) in [5.41, 5.74) is 9.48. The van der Waals surface area contributed by atoms with E-state index in [1.54, 1.807) is 12.4 Å². The third-order valence-electron chi connectivity index (χ3n) is 5.03. The molecule has 3 aromatic heterocycles. The van der Waals surface area contributed by atoms with Gasteiger partial charge in [0, 0.05) is 35.8 Å². The number of aromatic nitrogens is 4. The zero-order valence-corrected chi connectivity index (χ0v) is 18.2. The topological polar surface area (TPSA) is 117 Å². The van der Waals surface area contributed by atoms with Gasteiger partial charge >= 0.3 is 0 Å². The van der Waals surface area contributed by atoms with Crippen LogP contribution in [0, 0.1) is 0 Å². The van der Waals surface area contributed by atoms with Gasteiger partial charge in [0.2, 0.25) is 5.88 Å². The average molecular weight is 435 g/mol. The zero-order chi connectivity index (χ0) is 22.5. The predicted molar refractivity (Wildman–Crippen MR) is 123 cm³/mol. The number of anilines is 1. The van der Waals surface area contributed by atoms with Crippen molar-refractivity contribution in [3.8, 4) is 17.0 Å². The normalized spacial score (nSPS) is 13.6. The molecule has 1 aliphatic rings. The number of benzene rings is 1. The van der Waals surface area contributed by atoms with E-state index in [9.17, 15) is 4.79 Å². The lowest BCUT2D eigenvalue weighted by Gasteiger charge is -2.11. The van der Waals surface area contributed by atoms with Crippen LogP contribution in [0.15, 0.2) is 42.7 Å². The second-order valence-electron chi connectivity index (χ2n) is 7.24. The Hall–Kier alpha value is -3.56. The second-order valence-corrected chi connectivity index (χ2v) is 7.24. The Morgan fingerprint density at radius 3 is 2.69 bits per heavy atom. The highest BCUT2D eigenvalue weighted by Crippen LogP contribution is 2.31. The van der Waals surface area contributed by atoms with Crippen molar-refractivity contribution >= 4 is 28.2 Å². The summed E-state index contributed by atoms with van der Waals surface area (Å²) in [7, 11) is 0. The highest BCUT2D eigenvalue weighted by Gasteiger charge is 2.21. The summed E-state index contributed by atoms with van der Waals surface area (Å²) in [5.74, 6) is 0.219. The molecule has 1 saturated heterocycles. The Morgan fingerprint density at radius 1 is 1.25 bits per heavy atom. The minimum Gasteiger partial charge on any atom is -0.477 e. The molecule has 0 unspecified atom stereocenters. The predicted octanol–water partition coefficient (Wildman–Crippen LogP) is 2.73. The summed E-state index contributed by atoms with van der Waals surface area (Å²) in [6, 6.07) is 9.89. The molecule has 0 spiro atoms. The number of nitrogens with two attached hydrogens (primary N) is 1. The minimum atomic E-state index is -0.218. The van der Waals surface area contributed by atoms with E-state index >= 15 is 0 Å². The molecule has 1 fully saturated rings. The molecule has 0 radical (unpaired) electrons. The number of carbonyl (C=O) groups is 1. The van der Waals surface area contributed by atoms with Crippen LogP contribution in [0.25, 0.3) is 27.7 Å². The van der Waals surface area contributed by atoms with Crippen molar-refractivity contribution in [3.63, 3.8) is 0 Å². The van der Waals surface area contributed by atoms with Crippen LogP contribution in [0.5, 0.6) is 5.88 Å². The van der Waals surface area contributed by atoms with Gasteiger partial charge in [-0.25, -0.2) is 0 Å². The molecule has 9 heteroatoms. The third-order valence-corrected chi connectivity index (χ3v) is 5.03. The number of rotatable bonds is 4. The monoisotopic (exact) mass is 434 g/mol. The number of hydrogen-bond acceptors (Lipinski definition) is 8. The van der Waals surface area contributed by atoms with Crippen LogP contribution in [-0.4, -0.2) is 58.3 Å². The molecule has 166 valence electrons. The van der Waals surface area contributed by atoms with E-state index in [-0.39, 0.29) is 23.0 Å². The molecular formula is C23H26N6O3. The molecule has 1 aliphatic heterocycles. The van der Waals surface area contributed by atoms with Crippen molar-refractivity contribution in [1.29, 1.82) is 0 Å². The van der Waals surface area contributed by atoms with Crippen LogP contribution in [0.3, 0.4) is 0 Å². The molecule has 3 N–H and O–H groups in total. The van der Waals surface area contributed by atoms with Gasteiger partial charge in [-0.1, -0.05) is 18.2 Å². The van der Waals surface area contributed by atoms with Crippen molar-refractivity contribution in [1.82, 2.24) is 24.9 Å². The van der Waals surface area contributed by atoms with Crippen LogP contribution < -0.4 is 15.8 Å². The van der Waals surface area contributed by atoms with E-state index < -0.39 is 0 Å². The summed E-state index contributed by atoms with van der Waals surface area (Å²) >= 11 is 0. The Labute approximate surface area is 185 Å². The standard InChI is InChI=1S/C19H17N5O2.C4H9NO/c1-3-26-19-16(11(2)25)17(20)24-18(23-19)14(10-22-24)13-8-12-6-4-5-7-15(12)21-9-13;1-3-6-4-2-5-1/h4-10H,3,20H2,1-2H3;5H,1-4H2. The van der Waals surface area contributed by atoms with E-state index in [0.717, 1.165) is 48.3 Å². The fourth-order valence-corrected chi connectivity index (χ4v) is 3.50. The second kappa shape index (κ2) is 9.71. The Morgan fingerprint density at radius 2 is 2.03 bits per heavy atom. The molecule has 5 rings (SSSR count). The van der Waals surface area contributed by atoms with Gasteiger partial charge in [0.1, 0.15) is 11.4 Å². The van der Waals surface area contributed by atoms with Crippen molar-refractivity contribution in [2.45, 2.75) is 13.8 Å². The fourth-order valence-electron chi connectivity index (χ4n) is 3.50. The van der Waals surface area contributed by atoms with Crippen molar-refractivity contribution in [2.75, 3.05) is 38.6 Å². The van der Waals surface area contributed by atoms with Gasteiger partial charge in [-0.2, -0.15) is 14.6 Å². The van der Waals surface area contributed by atoms with Crippen molar-refractivity contribution < 1.29 is 14.3 Å². The molecule has 9 nitrogen and oxygen atoms in total. The quantitative estimate of drug-likeness (QED) is 0.471. The largest absolute Gasteiger partial charge is 0.477 e. The first-order valence-corrected chi connectivity index (χ1v) is 10.5. The molecule has 1 aromatic carbocycles. The molecule has 32 heavy (non-hydrogen) atoms. The maximum atomic E-state index is 12.0. The fraction of sp³-hybridized carbons (Fsp3) is 0.304. The molecule has 0 aliphatic carbocycles. The number of nitrogens with one attached hydrogen (secondary N) is 1. The van der Waals surface area contributed by atoms with Gasteiger partial charge in [-0.3, -0.25) is 9.78 Å².